The van der Waals surface area contributed by atoms with Gasteiger partial charge in [0, 0.05) is 18.6 Å². The van der Waals surface area contributed by atoms with E-state index in [0.717, 1.165) is 12.0 Å². The highest BCUT2D eigenvalue weighted by atomic mass is 15.2. The van der Waals surface area contributed by atoms with Gasteiger partial charge in [-0.25, -0.2) is 0 Å². The molecule has 0 atom stereocenters. The van der Waals surface area contributed by atoms with Crippen molar-refractivity contribution in [3.05, 3.63) is 0 Å². The average Bonchev–Trinajstić information content (AvgIpc) is 1.99. The third kappa shape index (κ3) is 2.05. The normalized spacial score (nSPS) is 34.4. The van der Waals surface area contributed by atoms with Crippen molar-refractivity contribution in [3.8, 4) is 0 Å². The van der Waals surface area contributed by atoms with Crippen LogP contribution in [0.2, 0.25) is 0 Å². The first-order valence-electron chi connectivity index (χ1n) is 5.79. The molecule has 2 aliphatic carbocycles. The summed E-state index contributed by atoms with van der Waals surface area (Å²) in [5.41, 5.74) is 5.81. The van der Waals surface area contributed by atoms with Crippen LogP contribution in [0.15, 0.2) is 0 Å². The van der Waals surface area contributed by atoms with Gasteiger partial charge in [-0.2, -0.15) is 0 Å². The van der Waals surface area contributed by atoms with Gasteiger partial charge >= 0.3 is 0 Å². The van der Waals surface area contributed by atoms with Gasteiger partial charge in [0.1, 0.15) is 0 Å². The topological polar surface area (TPSA) is 29.3 Å². The minimum atomic E-state index is 0.500. The molecule has 0 heterocycles. The number of rotatable bonds is 4. The molecule has 2 fully saturated rings. The molecule has 0 aromatic heterocycles. The summed E-state index contributed by atoms with van der Waals surface area (Å²) in [5, 5.41) is 0. The van der Waals surface area contributed by atoms with E-state index in [2.05, 4.69) is 11.8 Å². The van der Waals surface area contributed by atoms with Crippen LogP contribution in [0.4, 0.5) is 0 Å². The second kappa shape index (κ2) is 3.97. The molecule has 2 nitrogen and oxygen atoms in total. The predicted molar refractivity (Wildman–Crippen MR) is 55.6 cm³/mol. The maximum Gasteiger partial charge on any atom is 0.0125 e. The van der Waals surface area contributed by atoms with E-state index in [-0.39, 0.29) is 0 Å². The molecule has 13 heavy (non-hydrogen) atoms. The molecule has 2 saturated carbocycles. The Kier molecular flexibility index (Phi) is 2.89. The molecule has 0 unspecified atom stereocenters. The Morgan fingerprint density at radius 3 is 2.38 bits per heavy atom. The Balaban J connectivity index is 1.72. The molecule has 0 spiro atoms. The van der Waals surface area contributed by atoms with Crippen LogP contribution in [0.1, 0.15) is 39.0 Å². The third-order valence-corrected chi connectivity index (χ3v) is 3.79. The Hall–Kier alpha value is -0.0800. The summed E-state index contributed by atoms with van der Waals surface area (Å²) in [7, 11) is 0. The van der Waals surface area contributed by atoms with Crippen molar-refractivity contribution in [2.24, 2.45) is 11.7 Å². The van der Waals surface area contributed by atoms with Gasteiger partial charge in [-0.05, 0) is 38.1 Å². The molecular formula is C11H22N2. The largest absolute Gasteiger partial charge is 0.328 e. The van der Waals surface area contributed by atoms with Crippen LogP contribution in [0, 0.1) is 5.92 Å². The van der Waals surface area contributed by atoms with E-state index in [1.165, 1.54) is 45.2 Å². The maximum absolute atomic E-state index is 5.81. The first-order chi connectivity index (χ1) is 6.29. The number of nitrogens with two attached hydrogens (primary N) is 1. The van der Waals surface area contributed by atoms with Crippen LogP contribution < -0.4 is 5.73 Å². The Bertz CT molecular complexity index is 159. The zero-order valence-corrected chi connectivity index (χ0v) is 8.71. The first kappa shape index (κ1) is 9.47. The van der Waals surface area contributed by atoms with Gasteiger partial charge < -0.3 is 10.6 Å². The fraction of sp³-hybridized carbons (Fsp3) is 1.00. The van der Waals surface area contributed by atoms with Gasteiger partial charge in [0.2, 0.25) is 0 Å². The lowest BCUT2D eigenvalue weighted by atomic mass is 9.82. The van der Waals surface area contributed by atoms with Crippen LogP contribution in [-0.2, 0) is 0 Å². The highest BCUT2D eigenvalue weighted by molar-refractivity contribution is 4.90. The molecule has 0 bridgehead atoms. The summed E-state index contributed by atoms with van der Waals surface area (Å²) < 4.78 is 0. The van der Waals surface area contributed by atoms with E-state index >= 15 is 0 Å². The molecule has 0 saturated heterocycles. The van der Waals surface area contributed by atoms with Gasteiger partial charge in [0.05, 0.1) is 0 Å². The van der Waals surface area contributed by atoms with Crippen molar-refractivity contribution < 1.29 is 0 Å². The van der Waals surface area contributed by atoms with Crippen LogP contribution in [0.5, 0.6) is 0 Å². The molecule has 0 aliphatic heterocycles. The lowest BCUT2D eigenvalue weighted by molar-refractivity contribution is 0.0803. The summed E-state index contributed by atoms with van der Waals surface area (Å²) in [6.45, 7) is 4.84. The van der Waals surface area contributed by atoms with E-state index in [1.54, 1.807) is 0 Å². The van der Waals surface area contributed by atoms with Crippen molar-refractivity contribution >= 4 is 0 Å². The van der Waals surface area contributed by atoms with E-state index in [9.17, 15) is 0 Å². The van der Waals surface area contributed by atoms with E-state index < -0.39 is 0 Å². The van der Waals surface area contributed by atoms with Crippen molar-refractivity contribution in [2.75, 3.05) is 13.1 Å². The monoisotopic (exact) mass is 182 g/mol. The van der Waals surface area contributed by atoms with Crippen LogP contribution in [0.3, 0.4) is 0 Å². The third-order valence-electron chi connectivity index (χ3n) is 3.79. The lowest BCUT2D eigenvalue weighted by Gasteiger charge is -2.43. The molecule has 76 valence electrons. The first-order valence-corrected chi connectivity index (χ1v) is 5.79. The van der Waals surface area contributed by atoms with Gasteiger partial charge in [-0.15, -0.1) is 0 Å². The highest BCUT2D eigenvalue weighted by Crippen LogP contribution is 2.30. The van der Waals surface area contributed by atoms with Crippen LogP contribution in [-0.4, -0.2) is 30.1 Å². The van der Waals surface area contributed by atoms with Crippen molar-refractivity contribution in [1.29, 1.82) is 0 Å². The van der Waals surface area contributed by atoms with Crippen molar-refractivity contribution in [3.63, 3.8) is 0 Å². The van der Waals surface area contributed by atoms with Gasteiger partial charge in [0.25, 0.3) is 0 Å². The van der Waals surface area contributed by atoms with E-state index in [4.69, 9.17) is 5.73 Å². The van der Waals surface area contributed by atoms with Gasteiger partial charge in [0.15, 0.2) is 0 Å². The van der Waals surface area contributed by atoms with Gasteiger partial charge in [-0.1, -0.05) is 13.3 Å². The molecule has 2 N–H and O–H groups in total. The molecular weight excluding hydrogens is 160 g/mol. The molecule has 0 aromatic carbocycles. The Morgan fingerprint density at radius 1 is 1.31 bits per heavy atom. The smallest absolute Gasteiger partial charge is 0.0125 e. The summed E-state index contributed by atoms with van der Waals surface area (Å²) in [5.74, 6) is 1.01. The van der Waals surface area contributed by atoms with E-state index in [1.807, 2.05) is 0 Å². The quantitative estimate of drug-likeness (QED) is 0.715. The van der Waals surface area contributed by atoms with E-state index in [0.29, 0.717) is 6.04 Å². The summed E-state index contributed by atoms with van der Waals surface area (Å²) in [6, 6.07) is 1.32. The highest BCUT2D eigenvalue weighted by Gasteiger charge is 2.32. The summed E-state index contributed by atoms with van der Waals surface area (Å²) in [4.78, 5) is 2.65. The molecule has 2 aliphatic rings. The lowest BCUT2D eigenvalue weighted by Crippen LogP contribution is -2.52. The average molecular weight is 182 g/mol. The fourth-order valence-corrected chi connectivity index (χ4v) is 2.47. The molecule has 0 aromatic rings. The number of nitrogens with zero attached hydrogens (tertiary/aromatic N) is 1. The number of hydrogen-bond donors (Lipinski definition) is 1. The standard InChI is InChI=1S/C11H22N2/c1-2-13(8-9-4-3-5-9)11-6-10(12)7-11/h9-11H,2-8,12H2,1H3. The molecule has 0 radical (unpaired) electrons. The Labute approximate surface area is 81.5 Å². The van der Waals surface area contributed by atoms with Gasteiger partial charge in [-0.3, -0.25) is 0 Å². The number of hydrogen-bond acceptors (Lipinski definition) is 2. The predicted octanol–water partition coefficient (Wildman–Crippen LogP) is 1.60. The van der Waals surface area contributed by atoms with Crippen LogP contribution in [0.25, 0.3) is 0 Å². The van der Waals surface area contributed by atoms with Crippen molar-refractivity contribution in [2.45, 2.75) is 51.1 Å². The minimum Gasteiger partial charge on any atom is -0.328 e. The Morgan fingerprint density at radius 2 is 2.00 bits per heavy atom. The minimum absolute atomic E-state index is 0.500. The summed E-state index contributed by atoms with van der Waals surface area (Å²) >= 11 is 0. The zero-order chi connectivity index (χ0) is 9.26. The molecule has 2 heteroatoms. The molecule has 0 amide bonds. The fourth-order valence-electron chi connectivity index (χ4n) is 2.47. The SMILES string of the molecule is CCN(CC1CCC1)C1CC(N)C1. The van der Waals surface area contributed by atoms with Crippen molar-refractivity contribution in [1.82, 2.24) is 4.90 Å². The zero-order valence-electron chi connectivity index (χ0n) is 8.71. The van der Waals surface area contributed by atoms with Crippen LogP contribution >= 0.6 is 0 Å². The second-order valence-electron chi connectivity index (χ2n) is 4.77. The second-order valence-corrected chi connectivity index (χ2v) is 4.77. The molecule has 2 rings (SSSR count). The maximum atomic E-state index is 5.81. The summed E-state index contributed by atoms with van der Waals surface area (Å²) in [6.07, 6.45) is 6.87.